The maximum atomic E-state index is 9.93. The van der Waals surface area contributed by atoms with Crippen molar-refractivity contribution in [3.05, 3.63) is 23.4 Å². The van der Waals surface area contributed by atoms with Gasteiger partial charge in [0.25, 0.3) is 0 Å². The van der Waals surface area contributed by atoms with Crippen molar-refractivity contribution >= 4 is 10.9 Å². The van der Waals surface area contributed by atoms with Crippen molar-refractivity contribution in [1.82, 2.24) is 4.98 Å². The van der Waals surface area contributed by atoms with Crippen LogP contribution in [0.5, 0.6) is 11.5 Å². The fourth-order valence-electron chi connectivity index (χ4n) is 2.29. The van der Waals surface area contributed by atoms with Crippen molar-refractivity contribution in [3.63, 3.8) is 0 Å². The number of H-pyrrole nitrogens is 1. The van der Waals surface area contributed by atoms with Gasteiger partial charge in [-0.3, -0.25) is 0 Å². The molecule has 5 heteroatoms. The summed E-state index contributed by atoms with van der Waals surface area (Å²) in [6.45, 7) is 2.36. The molecule has 1 unspecified atom stereocenters. The molecule has 0 radical (unpaired) electrons. The summed E-state index contributed by atoms with van der Waals surface area (Å²) in [5.74, 6) is 1.44. The summed E-state index contributed by atoms with van der Waals surface area (Å²) in [5, 5.41) is 10.9. The molecular formula is C12H14N2O3. The third-order valence-electron chi connectivity index (χ3n) is 3.09. The van der Waals surface area contributed by atoms with E-state index in [-0.39, 0.29) is 13.3 Å². The molecule has 1 aliphatic rings. The molecule has 5 nitrogen and oxygen atoms in total. The average molecular weight is 234 g/mol. The van der Waals surface area contributed by atoms with Gasteiger partial charge in [0.05, 0.1) is 6.10 Å². The minimum Gasteiger partial charge on any atom is -0.454 e. The first-order valence-electron chi connectivity index (χ1n) is 5.50. The van der Waals surface area contributed by atoms with Crippen LogP contribution in [0.1, 0.15) is 17.4 Å². The van der Waals surface area contributed by atoms with Gasteiger partial charge in [0.15, 0.2) is 11.5 Å². The minimum atomic E-state index is -0.663. The standard InChI is InChI=1S/C12H14N2O3/c1-6-12(9(15)4-13)7-2-10-11(17-5-16-10)3-8(7)14-6/h2-3,9,14-15H,4-5,13H2,1H3. The third kappa shape index (κ3) is 1.47. The number of nitrogens with two attached hydrogens (primary N) is 1. The normalized spacial score (nSPS) is 15.5. The summed E-state index contributed by atoms with van der Waals surface area (Å²) < 4.78 is 10.6. The molecule has 2 aromatic rings. The van der Waals surface area contributed by atoms with Crippen LogP contribution in [0.25, 0.3) is 10.9 Å². The zero-order chi connectivity index (χ0) is 12.0. The highest BCUT2D eigenvalue weighted by Gasteiger charge is 2.20. The Kier molecular flexibility index (Phi) is 2.24. The van der Waals surface area contributed by atoms with Crippen LogP contribution in [0.3, 0.4) is 0 Å². The van der Waals surface area contributed by atoms with E-state index < -0.39 is 6.10 Å². The molecule has 17 heavy (non-hydrogen) atoms. The topological polar surface area (TPSA) is 80.5 Å². The molecule has 1 aromatic heterocycles. The lowest BCUT2D eigenvalue weighted by atomic mass is 10.1. The van der Waals surface area contributed by atoms with Crippen LogP contribution < -0.4 is 15.2 Å². The zero-order valence-electron chi connectivity index (χ0n) is 9.49. The first-order chi connectivity index (χ1) is 8.20. The summed E-state index contributed by atoms with van der Waals surface area (Å²) in [4.78, 5) is 3.22. The molecule has 1 aliphatic heterocycles. The second-order valence-electron chi connectivity index (χ2n) is 4.17. The van der Waals surface area contributed by atoms with Crippen molar-refractivity contribution < 1.29 is 14.6 Å². The first-order valence-corrected chi connectivity index (χ1v) is 5.50. The van der Waals surface area contributed by atoms with Crippen molar-refractivity contribution in [2.75, 3.05) is 13.3 Å². The maximum absolute atomic E-state index is 9.93. The van der Waals surface area contributed by atoms with Gasteiger partial charge >= 0.3 is 0 Å². The average Bonchev–Trinajstić information content (AvgIpc) is 2.87. The van der Waals surface area contributed by atoms with Gasteiger partial charge in [-0.15, -0.1) is 0 Å². The fourth-order valence-corrected chi connectivity index (χ4v) is 2.29. The van der Waals surface area contributed by atoms with Gasteiger partial charge in [0.2, 0.25) is 6.79 Å². The van der Waals surface area contributed by atoms with Gasteiger partial charge in [-0.1, -0.05) is 0 Å². The SMILES string of the molecule is Cc1[nH]c2cc3c(cc2c1C(O)CN)OCO3. The van der Waals surface area contributed by atoms with Crippen LogP contribution >= 0.6 is 0 Å². The van der Waals surface area contributed by atoms with Crippen LogP contribution in [-0.2, 0) is 0 Å². The van der Waals surface area contributed by atoms with E-state index in [1.54, 1.807) is 0 Å². The van der Waals surface area contributed by atoms with Crippen LogP contribution in [0.4, 0.5) is 0 Å². The van der Waals surface area contributed by atoms with Crippen molar-refractivity contribution in [2.24, 2.45) is 5.73 Å². The lowest BCUT2D eigenvalue weighted by Gasteiger charge is -2.08. The van der Waals surface area contributed by atoms with E-state index >= 15 is 0 Å². The Morgan fingerprint density at radius 2 is 2.12 bits per heavy atom. The molecule has 0 saturated heterocycles. The quantitative estimate of drug-likeness (QED) is 0.729. The van der Waals surface area contributed by atoms with Crippen LogP contribution in [-0.4, -0.2) is 23.4 Å². The molecule has 90 valence electrons. The minimum absolute atomic E-state index is 0.197. The van der Waals surface area contributed by atoms with Crippen molar-refractivity contribution in [1.29, 1.82) is 0 Å². The van der Waals surface area contributed by atoms with Crippen LogP contribution in [0.15, 0.2) is 12.1 Å². The number of aryl methyl sites for hydroxylation is 1. The number of rotatable bonds is 2. The molecule has 0 bridgehead atoms. The molecule has 4 N–H and O–H groups in total. The van der Waals surface area contributed by atoms with E-state index in [1.165, 1.54) is 0 Å². The summed E-state index contributed by atoms with van der Waals surface area (Å²) in [6.07, 6.45) is -0.663. The monoisotopic (exact) mass is 234 g/mol. The number of aliphatic hydroxyl groups excluding tert-OH is 1. The highest BCUT2D eigenvalue weighted by Crippen LogP contribution is 2.39. The molecule has 3 rings (SSSR count). The molecular weight excluding hydrogens is 220 g/mol. The molecule has 1 atom stereocenters. The molecule has 0 amide bonds. The summed E-state index contributed by atoms with van der Waals surface area (Å²) >= 11 is 0. The number of hydrogen-bond acceptors (Lipinski definition) is 4. The molecule has 0 fully saturated rings. The molecule has 1 aromatic carbocycles. The van der Waals surface area contributed by atoms with Gasteiger partial charge in [-0.2, -0.15) is 0 Å². The van der Waals surface area contributed by atoms with Crippen molar-refractivity contribution in [3.8, 4) is 11.5 Å². The molecule has 0 aliphatic carbocycles. The highest BCUT2D eigenvalue weighted by molar-refractivity contribution is 5.88. The van der Waals surface area contributed by atoms with E-state index in [0.29, 0.717) is 5.75 Å². The predicted octanol–water partition coefficient (Wildman–Crippen LogP) is 1.20. The lowest BCUT2D eigenvalue weighted by molar-refractivity contribution is 0.174. The molecule has 0 saturated carbocycles. The van der Waals surface area contributed by atoms with E-state index in [9.17, 15) is 5.11 Å². The predicted molar refractivity (Wildman–Crippen MR) is 63.2 cm³/mol. The third-order valence-corrected chi connectivity index (χ3v) is 3.09. The number of benzene rings is 1. The van der Waals surface area contributed by atoms with E-state index in [0.717, 1.165) is 27.9 Å². The van der Waals surface area contributed by atoms with Gasteiger partial charge in [-0.05, 0) is 13.0 Å². The Labute approximate surface area is 98.1 Å². The van der Waals surface area contributed by atoms with Gasteiger partial charge in [0, 0.05) is 34.8 Å². The molecule has 2 heterocycles. The van der Waals surface area contributed by atoms with Crippen molar-refractivity contribution in [2.45, 2.75) is 13.0 Å². The van der Waals surface area contributed by atoms with E-state index in [4.69, 9.17) is 15.2 Å². The number of aliphatic hydroxyl groups is 1. The van der Waals surface area contributed by atoms with Crippen LogP contribution in [0, 0.1) is 6.92 Å². The second kappa shape index (κ2) is 3.65. The number of aromatic nitrogens is 1. The molecule has 0 spiro atoms. The maximum Gasteiger partial charge on any atom is 0.231 e. The van der Waals surface area contributed by atoms with Gasteiger partial charge < -0.3 is 25.3 Å². The smallest absolute Gasteiger partial charge is 0.231 e. The number of nitrogens with one attached hydrogen (secondary N) is 1. The lowest BCUT2D eigenvalue weighted by Crippen LogP contribution is -2.12. The largest absolute Gasteiger partial charge is 0.454 e. The summed E-state index contributed by atoms with van der Waals surface area (Å²) in [6, 6.07) is 3.77. The summed E-state index contributed by atoms with van der Waals surface area (Å²) in [7, 11) is 0. The number of aromatic amines is 1. The Bertz CT molecular complexity index is 577. The highest BCUT2D eigenvalue weighted by atomic mass is 16.7. The summed E-state index contributed by atoms with van der Waals surface area (Å²) in [5.41, 5.74) is 8.19. The van der Waals surface area contributed by atoms with E-state index in [1.807, 2.05) is 19.1 Å². The van der Waals surface area contributed by atoms with Gasteiger partial charge in [-0.25, -0.2) is 0 Å². The first kappa shape index (κ1) is 10.4. The second-order valence-corrected chi connectivity index (χ2v) is 4.17. The number of ether oxygens (including phenoxy) is 2. The Morgan fingerprint density at radius 1 is 1.41 bits per heavy atom. The Balaban J connectivity index is 2.25. The van der Waals surface area contributed by atoms with Crippen LogP contribution in [0.2, 0.25) is 0 Å². The Morgan fingerprint density at radius 3 is 2.82 bits per heavy atom. The zero-order valence-corrected chi connectivity index (χ0v) is 9.49. The number of hydrogen-bond donors (Lipinski definition) is 3. The number of fused-ring (bicyclic) bond motifs is 2. The fraction of sp³-hybridized carbons (Fsp3) is 0.333. The van der Waals surface area contributed by atoms with Gasteiger partial charge in [0.1, 0.15) is 0 Å². The van der Waals surface area contributed by atoms with E-state index in [2.05, 4.69) is 4.98 Å². The Hall–Kier alpha value is -1.72.